The van der Waals surface area contributed by atoms with Crippen LogP contribution < -0.4 is 10.5 Å². The number of nitrogens with zero attached hydrogens (tertiary/aromatic N) is 2. The van der Waals surface area contributed by atoms with Gasteiger partial charge >= 0.3 is 6.43 Å². The van der Waals surface area contributed by atoms with E-state index in [2.05, 4.69) is 14.7 Å². The van der Waals surface area contributed by atoms with Gasteiger partial charge in [-0.15, -0.1) is 0 Å². The van der Waals surface area contributed by atoms with E-state index >= 15 is 0 Å². The summed E-state index contributed by atoms with van der Waals surface area (Å²) in [5, 5.41) is -0.184. The molecule has 0 aliphatic heterocycles. The molecule has 1 atom stereocenters. The summed E-state index contributed by atoms with van der Waals surface area (Å²) >= 11 is 5.41. The molecule has 0 saturated heterocycles. The van der Waals surface area contributed by atoms with E-state index in [4.69, 9.17) is 17.3 Å². The number of anilines is 1. The van der Waals surface area contributed by atoms with Crippen molar-refractivity contribution in [2.24, 2.45) is 0 Å². The maximum atomic E-state index is 12.4. The molecular weight excluding hydrogens is 223 g/mol. The van der Waals surface area contributed by atoms with Crippen molar-refractivity contribution in [1.29, 1.82) is 0 Å². The molecule has 0 saturated carbocycles. The summed E-state index contributed by atoms with van der Waals surface area (Å²) in [5.74, 6) is -0.502. The van der Waals surface area contributed by atoms with E-state index in [1.54, 1.807) is 0 Å². The fraction of sp³-hybridized carbons (Fsp3) is 0.333. The van der Waals surface area contributed by atoms with Crippen LogP contribution in [0.3, 0.4) is 0 Å². The van der Waals surface area contributed by atoms with Crippen molar-refractivity contribution in [3.63, 3.8) is 0 Å². The number of nitrogens with two attached hydrogens (primary N) is 1. The summed E-state index contributed by atoms with van der Waals surface area (Å²) in [6.45, 7) is 0. The van der Waals surface area contributed by atoms with Gasteiger partial charge in [-0.05, 0) is 0 Å². The molecule has 1 unspecified atom stereocenters. The molecule has 2 N–H and O–H groups in total. The molecule has 0 bridgehead atoms. The lowest BCUT2D eigenvalue weighted by Gasteiger charge is -2.10. The van der Waals surface area contributed by atoms with Gasteiger partial charge in [0.25, 0.3) is 6.36 Å². The Morgan fingerprint density at radius 1 is 1.36 bits per heavy atom. The average Bonchev–Trinajstić information content (AvgIpc) is 2.12. The molecule has 0 aliphatic carbocycles. The van der Waals surface area contributed by atoms with Crippen molar-refractivity contribution in [3.05, 3.63) is 11.5 Å². The second-order valence-corrected chi connectivity index (χ2v) is 2.54. The third kappa shape index (κ3) is 2.38. The topological polar surface area (TPSA) is 61.0 Å². The van der Waals surface area contributed by atoms with Gasteiger partial charge in [-0.3, -0.25) is 0 Å². The summed E-state index contributed by atoms with van der Waals surface area (Å²) in [4.78, 5) is 6.78. The van der Waals surface area contributed by atoms with Crippen LogP contribution >= 0.6 is 11.6 Å². The van der Waals surface area contributed by atoms with E-state index in [0.717, 1.165) is 6.33 Å². The third-order valence-corrected chi connectivity index (χ3v) is 1.52. The molecule has 78 valence electrons. The number of alkyl halides is 3. The van der Waals surface area contributed by atoms with E-state index in [9.17, 15) is 13.2 Å². The second-order valence-electron chi connectivity index (χ2n) is 2.19. The quantitative estimate of drug-likeness (QED) is 0.798. The van der Waals surface area contributed by atoms with Crippen LogP contribution in [0.15, 0.2) is 6.33 Å². The lowest BCUT2D eigenvalue weighted by atomic mass is 10.5. The average molecular weight is 228 g/mol. The zero-order valence-corrected chi connectivity index (χ0v) is 7.38. The predicted octanol–water partition coefficient (Wildman–Crippen LogP) is 1.65. The first-order valence-electron chi connectivity index (χ1n) is 3.37. The van der Waals surface area contributed by atoms with Gasteiger partial charge in [-0.2, -0.15) is 9.37 Å². The number of halogens is 4. The molecule has 8 heteroatoms. The lowest BCUT2D eigenvalue weighted by molar-refractivity contribution is -0.0686. The van der Waals surface area contributed by atoms with Crippen LogP contribution in [-0.4, -0.2) is 22.8 Å². The highest BCUT2D eigenvalue weighted by molar-refractivity contribution is 6.32. The van der Waals surface area contributed by atoms with Gasteiger partial charge in [0.15, 0.2) is 5.15 Å². The second kappa shape index (κ2) is 4.32. The molecule has 1 heterocycles. The summed E-state index contributed by atoms with van der Waals surface area (Å²) in [5.41, 5.74) is 4.96. The number of hydrogen-bond donors (Lipinski definition) is 1. The number of rotatable bonds is 3. The minimum atomic E-state index is -3.27. The van der Waals surface area contributed by atoms with Crippen LogP contribution in [0.5, 0.6) is 5.88 Å². The van der Waals surface area contributed by atoms with E-state index < -0.39 is 18.7 Å². The van der Waals surface area contributed by atoms with Gasteiger partial charge in [0.05, 0.1) is 0 Å². The zero-order valence-electron chi connectivity index (χ0n) is 6.62. The Balaban J connectivity index is 2.82. The van der Waals surface area contributed by atoms with Crippen LogP contribution in [-0.2, 0) is 0 Å². The first kappa shape index (κ1) is 10.8. The van der Waals surface area contributed by atoms with Crippen molar-refractivity contribution in [3.8, 4) is 5.88 Å². The van der Waals surface area contributed by atoms with Crippen LogP contribution in [0.4, 0.5) is 18.9 Å². The molecule has 1 aromatic heterocycles. The molecule has 1 rings (SSSR count). The Labute approximate surface area is 81.9 Å². The first-order chi connectivity index (χ1) is 6.52. The van der Waals surface area contributed by atoms with Crippen molar-refractivity contribution in [2.45, 2.75) is 12.8 Å². The largest absolute Gasteiger partial charge is 0.435 e. The normalized spacial score (nSPS) is 12.9. The van der Waals surface area contributed by atoms with E-state index in [0.29, 0.717) is 0 Å². The fourth-order valence-corrected chi connectivity index (χ4v) is 0.736. The monoisotopic (exact) mass is 227 g/mol. The van der Waals surface area contributed by atoms with E-state index in [1.165, 1.54) is 0 Å². The number of hydrogen-bond acceptors (Lipinski definition) is 4. The standard InChI is InChI=1S/C6H5ClF3N3O/c7-3-2(11)6(13-1-12-3)14-5(10)4(8)9/h1,4-5H,11H2. The molecule has 0 radical (unpaired) electrons. The van der Waals surface area contributed by atoms with Gasteiger partial charge in [0, 0.05) is 0 Å². The van der Waals surface area contributed by atoms with Gasteiger partial charge in [0.1, 0.15) is 12.0 Å². The molecule has 4 nitrogen and oxygen atoms in total. The van der Waals surface area contributed by atoms with Crippen molar-refractivity contribution >= 4 is 17.3 Å². The number of nitrogen functional groups attached to an aromatic ring is 1. The lowest BCUT2D eigenvalue weighted by Crippen LogP contribution is -2.20. The van der Waals surface area contributed by atoms with Gasteiger partial charge < -0.3 is 10.5 Å². The number of aromatic nitrogens is 2. The maximum Gasteiger partial charge on any atom is 0.304 e. The van der Waals surface area contributed by atoms with E-state index in [1.807, 2.05) is 0 Å². The Kier molecular flexibility index (Phi) is 3.34. The van der Waals surface area contributed by atoms with E-state index in [-0.39, 0.29) is 10.8 Å². The van der Waals surface area contributed by atoms with Gasteiger partial charge in [0.2, 0.25) is 5.88 Å². The molecule has 0 fully saturated rings. The first-order valence-corrected chi connectivity index (χ1v) is 3.75. The SMILES string of the molecule is Nc1c(Cl)ncnc1OC(F)C(F)F. The molecule has 0 spiro atoms. The molecule has 0 amide bonds. The van der Waals surface area contributed by atoms with Crippen molar-refractivity contribution in [1.82, 2.24) is 9.97 Å². The molecule has 0 aromatic carbocycles. The van der Waals surface area contributed by atoms with Crippen LogP contribution in [0.25, 0.3) is 0 Å². The highest BCUT2D eigenvalue weighted by atomic mass is 35.5. The zero-order chi connectivity index (χ0) is 10.7. The molecule has 0 aliphatic rings. The Morgan fingerprint density at radius 3 is 2.57 bits per heavy atom. The molecular formula is C6H5ClF3N3O. The van der Waals surface area contributed by atoms with Crippen LogP contribution in [0.2, 0.25) is 5.15 Å². The van der Waals surface area contributed by atoms with Gasteiger partial charge in [-0.25, -0.2) is 13.8 Å². The smallest absolute Gasteiger partial charge is 0.304 e. The predicted molar refractivity (Wildman–Crippen MR) is 43.0 cm³/mol. The minimum Gasteiger partial charge on any atom is -0.435 e. The fourth-order valence-electron chi connectivity index (χ4n) is 0.611. The number of ether oxygens (including phenoxy) is 1. The molecule has 14 heavy (non-hydrogen) atoms. The maximum absolute atomic E-state index is 12.4. The highest BCUT2D eigenvalue weighted by Gasteiger charge is 2.23. The summed E-state index contributed by atoms with van der Waals surface area (Å²) in [6.07, 6.45) is -5.14. The summed E-state index contributed by atoms with van der Waals surface area (Å²) < 4.78 is 40.0. The molecule has 1 aromatic rings. The Bertz CT molecular complexity index is 325. The van der Waals surface area contributed by atoms with Crippen LogP contribution in [0, 0.1) is 0 Å². The summed E-state index contributed by atoms with van der Waals surface area (Å²) in [7, 11) is 0. The Hall–Kier alpha value is -1.24. The van der Waals surface area contributed by atoms with Crippen molar-refractivity contribution in [2.75, 3.05) is 5.73 Å². The Morgan fingerprint density at radius 2 is 2.00 bits per heavy atom. The highest BCUT2D eigenvalue weighted by Crippen LogP contribution is 2.26. The summed E-state index contributed by atoms with van der Waals surface area (Å²) in [6, 6.07) is 0. The minimum absolute atomic E-state index is 0.184. The van der Waals surface area contributed by atoms with Gasteiger partial charge in [-0.1, -0.05) is 11.6 Å². The third-order valence-electron chi connectivity index (χ3n) is 1.22. The van der Waals surface area contributed by atoms with Crippen LogP contribution in [0.1, 0.15) is 0 Å². The van der Waals surface area contributed by atoms with Crippen molar-refractivity contribution < 1.29 is 17.9 Å².